The molecule has 0 bridgehead atoms. The maximum absolute atomic E-state index is 5.40. The van der Waals surface area contributed by atoms with Gasteiger partial charge in [-0.1, -0.05) is 0 Å². The van der Waals surface area contributed by atoms with Crippen LogP contribution < -0.4 is 5.73 Å². The Kier molecular flexibility index (Phi) is 1.94. The number of rotatable bonds is 1. The fraction of sp³-hybridized carbons (Fsp3) is 0.429. The van der Waals surface area contributed by atoms with Gasteiger partial charge in [0, 0.05) is 11.3 Å². The summed E-state index contributed by atoms with van der Waals surface area (Å²) in [6.07, 6.45) is 0. The zero-order valence-electron chi connectivity index (χ0n) is 6.97. The van der Waals surface area contributed by atoms with Crippen LogP contribution in [0.3, 0.4) is 0 Å². The molecule has 0 aromatic carbocycles. The Balaban J connectivity index is 3.06. The van der Waals surface area contributed by atoms with Gasteiger partial charge in [-0.05, 0) is 20.8 Å². The van der Waals surface area contributed by atoms with E-state index in [1.807, 2.05) is 13.8 Å². The van der Waals surface area contributed by atoms with Crippen LogP contribution in [0.1, 0.15) is 18.2 Å². The first kappa shape index (κ1) is 7.78. The van der Waals surface area contributed by atoms with E-state index in [9.17, 15) is 0 Å². The summed E-state index contributed by atoms with van der Waals surface area (Å²) < 4.78 is 0. The van der Waals surface area contributed by atoms with Gasteiger partial charge in [0.05, 0.1) is 5.84 Å². The van der Waals surface area contributed by atoms with Crippen LogP contribution in [0.25, 0.3) is 0 Å². The van der Waals surface area contributed by atoms with Crippen molar-refractivity contribution in [2.24, 2.45) is 10.7 Å². The standard InChI is InChI=1S/C7H12N4/c1-4-5(2)10-11-7(4)9-6(3)8/h1-3H3,(H3,8,9,10,11). The zero-order chi connectivity index (χ0) is 8.43. The predicted octanol–water partition coefficient (Wildman–Crippen LogP) is 1.04. The van der Waals surface area contributed by atoms with E-state index in [0.29, 0.717) is 11.7 Å². The van der Waals surface area contributed by atoms with Crippen molar-refractivity contribution >= 4 is 11.7 Å². The number of aromatic nitrogens is 2. The number of hydrogen-bond acceptors (Lipinski definition) is 2. The summed E-state index contributed by atoms with van der Waals surface area (Å²) in [5, 5.41) is 6.79. The Bertz CT molecular complexity index is 281. The van der Waals surface area contributed by atoms with Crippen molar-refractivity contribution in [2.75, 3.05) is 0 Å². The van der Waals surface area contributed by atoms with Crippen molar-refractivity contribution in [3.63, 3.8) is 0 Å². The molecule has 11 heavy (non-hydrogen) atoms. The Morgan fingerprint density at radius 2 is 2.18 bits per heavy atom. The van der Waals surface area contributed by atoms with Gasteiger partial charge >= 0.3 is 0 Å². The molecule has 0 atom stereocenters. The van der Waals surface area contributed by atoms with Crippen molar-refractivity contribution in [3.05, 3.63) is 11.3 Å². The number of nitrogens with zero attached hydrogens (tertiary/aromatic N) is 2. The quantitative estimate of drug-likeness (QED) is 0.466. The number of aromatic amines is 1. The van der Waals surface area contributed by atoms with Gasteiger partial charge in [0.15, 0.2) is 5.82 Å². The fourth-order valence-electron chi connectivity index (χ4n) is 0.748. The third-order valence-corrected chi connectivity index (χ3v) is 1.51. The summed E-state index contributed by atoms with van der Waals surface area (Å²) in [5.41, 5.74) is 7.48. The zero-order valence-corrected chi connectivity index (χ0v) is 6.97. The molecule has 0 saturated carbocycles. The topological polar surface area (TPSA) is 67.1 Å². The van der Waals surface area contributed by atoms with E-state index in [1.165, 1.54) is 0 Å². The second kappa shape index (κ2) is 2.74. The van der Waals surface area contributed by atoms with Crippen LogP contribution in [-0.4, -0.2) is 16.0 Å². The molecule has 1 aromatic heterocycles. The second-order valence-corrected chi connectivity index (χ2v) is 2.55. The minimum atomic E-state index is 0.527. The van der Waals surface area contributed by atoms with E-state index in [-0.39, 0.29) is 0 Å². The third-order valence-electron chi connectivity index (χ3n) is 1.51. The van der Waals surface area contributed by atoms with E-state index in [1.54, 1.807) is 6.92 Å². The van der Waals surface area contributed by atoms with Gasteiger partial charge in [0.25, 0.3) is 0 Å². The lowest BCUT2D eigenvalue weighted by Gasteiger charge is -1.89. The highest BCUT2D eigenvalue weighted by atomic mass is 15.2. The number of amidine groups is 1. The van der Waals surface area contributed by atoms with E-state index < -0.39 is 0 Å². The van der Waals surface area contributed by atoms with Gasteiger partial charge in [-0.2, -0.15) is 5.10 Å². The highest BCUT2D eigenvalue weighted by molar-refractivity contribution is 5.80. The SMILES string of the molecule is CC(N)=Nc1n[nH]c(C)c1C. The molecule has 0 amide bonds. The van der Waals surface area contributed by atoms with Crippen molar-refractivity contribution in [2.45, 2.75) is 20.8 Å². The third kappa shape index (κ3) is 1.58. The van der Waals surface area contributed by atoms with E-state index >= 15 is 0 Å². The number of aryl methyl sites for hydroxylation is 1. The fourth-order valence-corrected chi connectivity index (χ4v) is 0.748. The maximum Gasteiger partial charge on any atom is 0.178 e. The van der Waals surface area contributed by atoms with Crippen LogP contribution in [0.5, 0.6) is 0 Å². The maximum atomic E-state index is 5.40. The molecule has 0 fully saturated rings. The van der Waals surface area contributed by atoms with Crippen LogP contribution in [0.15, 0.2) is 4.99 Å². The van der Waals surface area contributed by atoms with Crippen molar-refractivity contribution in [3.8, 4) is 0 Å². The summed E-state index contributed by atoms with van der Waals surface area (Å²) in [6, 6.07) is 0. The molecule has 0 aliphatic carbocycles. The van der Waals surface area contributed by atoms with Crippen LogP contribution in [0, 0.1) is 13.8 Å². The molecular formula is C7H12N4. The Morgan fingerprint density at radius 1 is 1.55 bits per heavy atom. The van der Waals surface area contributed by atoms with Gasteiger partial charge in [-0.15, -0.1) is 0 Å². The highest BCUT2D eigenvalue weighted by Crippen LogP contribution is 2.16. The molecule has 0 spiro atoms. The molecule has 0 unspecified atom stereocenters. The number of H-pyrrole nitrogens is 1. The van der Waals surface area contributed by atoms with Gasteiger partial charge < -0.3 is 5.73 Å². The normalized spacial score (nSPS) is 12.1. The second-order valence-electron chi connectivity index (χ2n) is 2.55. The lowest BCUT2D eigenvalue weighted by atomic mass is 10.3. The Labute approximate surface area is 65.5 Å². The Morgan fingerprint density at radius 3 is 2.55 bits per heavy atom. The van der Waals surface area contributed by atoms with Gasteiger partial charge in [-0.25, -0.2) is 4.99 Å². The van der Waals surface area contributed by atoms with Crippen LogP contribution in [0.4, 0.5) is 5.82 Å². The van der Waals surface area contributed by atoms with Crippen molar-refractivity contribution < 1.29 is 0 Å². The summed E-state index contributed by atoms with van der Waals surface area (Å²) in [5.74, 6) is 1.21. The molecule has 4 nitrogen and oxygen atoms in total. The first-order valence-electron chi connectivity index (χ1n) is 3.43. The smallest absolute Gasteiger partial charge is 0.178 e. The Hall–Kier alpha value is -1.32. The minimum absolute atomic E-state index is 0.527. The summed E-state index contributed by atoms with van der Waals surface area (Å²) in [6.45, 7) is 5.65. The molecule has 0 aliphatic rings. The largest absolute Gasteiger partial charge is 0.387 e. The molecule has 1 heterocycles. The molecule has 0 radical (unpaired) electrons. The first-order chi connectivity index (χ1) is 5.11. The average molecular weight is 152 g/mol. The minimum Gasteiger partial charge on any atom is -0.387 e. The molecular weight excluding hydrogens is 140 g/mol. The molecule has 1 aromatic rings. The highest BCUT2D eigenvalue weighted by Gasteiger charge is 2.02. The van der Waals surface area contributed by atoms with Gasteiger partial charge in [-0.3, -0.25) is 5.10 Å². The average Bonchev–Trinajstić information content (AvgIpc) is 2.18. The molecule has 1 rings (SSSR count). The molecule has 3 N–H and O–H groups in total. The number of aliphatic imine (C=N–C) groups is 1. The van der Waals surface area contributed by atoms with E-state index in [4.69, 9.17) is 5.73 Å². The summed E-state index contributed by atoms with van der Waals surface area (Å²) in [7, 11) is 0. The van der Waals surface area contributed by atoms with E-state index in [2.05, 4.69) is 15.2 Å². The lowest BCUT2D eigenvalue weighted by molar-refractivity contribution is 1.04. The van der Waals surface area contributed by atoms with Crippen LogP contribution in [-0.2, 0) is 0 Å². The molecule has 4 heteroatoms. The summed E-state index contributed by atoms with van der Waals surface area (Å²) >= 11 is 0. The van der Waals surface area contributed by atoms with E-state index in [0.717, 1.165) is 11.3 Å². The molecule has 0 saturated heterocycles. The lowest BCUT2D eigenvalue weighted by Crippen LogP contribution is -2.04. The molecule has 0 aliphatic heterocycles. The van der Waals surface area contributed by atoms with Crippen LogP contribution in [0.2, 0.25) is 0 Å². The van der Waals surface area contributed by atoms with Gasteiger partial charge in [0.1, 0.15) is 0 Å². The van der Waals surface area contributed by atoms with Crippen molar-refractivity contribution in [1.82, 2.24) is 10.2 Å². The molecule has 60 valence electrons. The number of nitrogens with one attached hydrogen (secondary N) is 1. The van der Waals surface area contributed by atoms with Crippen LogP contribution >= 0.6 is 0 Å². The monoisotopic (exact) mass is 152 g/mol. The summed E-state index contributed by atoms with van der Waals surface area (Å²) in [4.78, 5) is 4.03. The predicted molar refractivity (Wildman–Crippen MR) is 45.0 cm³/mol. The first-order valence-corrected chi connectivity index (χ1v) is 3.43. The van der Waals surface area contributed by atoms with Gasteiger partial charge in [0.2, 0.25) is 0 Å². The van der Waals surface area contributed by atoms with Crippen molar-refractivity contribution in [1.29, 1.82) is 0 Å². The number of nitrogens with two attached hydrogens (primary N) is 1. The number of hydrogen-bond donors (Lipinski definition) is 2.